The van der Waals surface area contributed by atoms with Crippen molar-refractivity contribution in [1.29, 1.82) is 0 Å². The van der Waals surface area contributed by atoms with Crippen LogP contribution in [0.5, 0.6) is 5.75 Å². The molecule has 2 aromatic carbocycles. The summed E-state index contributed by atoms with van der Waals surface area (Å²) in [5.74, 6) is -3.03. The van der Waals surface area contributed by atoms with Crippen molar-refractivity contribution in [1.82, 2.24) is 9.55 Å². The van der Waals surface area contributed by atoms with Crippen molar-refractivity contribution in [3.8, 4) is 5.75 Å². The van der Waals surface area contributed by atoms with Crippen LogP contribution in [0, 0.1) is 5.82 Å². The maximum absolute atomic E-state index is 14.0. The molecule has 11 heteroatoms. The molecule has 0 unspecified atom stereocenters. The Labute approximate surface area is 183 Å². The fourth-order valence-electron chi connectivity index (χ4n) is 3.76. The summed E-state index contributed by atoms with van der Waals surface area (Å²) in [6, 6.07) is 6.81. The van der Waals surface area contributed by atoms with E-state index in [1.165, 1.54) is 29.1 Å². The average molecular weight is 461 g/mol. The van der Waals surface area contributed by atoms with Gasteiger partial charge in [0.15, 0.2) is 6.61 Å². The molecule has 0 bridgehead atoms. The molecule has 0 saturated carbocycles. The zero-order valence-corrected chi connectivity index (χ0v) is 16.7. The van der Waals surface area contributed by atoms with Crippen molar-refractivity contribution in [2.75, 3.05) is 6.61 Å². The molecule has 0 saturated heterocycles. The molecular weight excluding hydrogens is 446 g/mol. The molecule has 0 spiro atoms. The van der Waals surface area contributed by atoms with Gasteiger partial charge in [-0.1, -0.05) is 6.07 Å². The Kier molecular flexibility index (Phi) is 5.40. The maximum Gasteiger partial charge on any atom is 0.416 e. The van der Waals surface area contributed by atoms with E-state index in [0.717, 1.165) is 12.1 Å². The number of carboxylic acids is 1. The molecular formula is C22H15F4N3O4. The van der Waals surface area contributed by atoms with Gasteiger partial charge in [-0.25, -0.2) is 9.18 Å². The SMILES string of the molecule is NC(=O)c1cccc2c1c1c(OCC(=O)O)cncc1n2Cc1cc(F)cc(C(F)(F)F)c1. The number of aromatic nitrogens is 2. The minimum Gasteiger partial charge on any atom is -0.480 e. The van der Waals surface area contributed by atoms with E-state index in [1.54, 1.807) is 6.07 Å². The van der Waals surface area contributed by atoms with Gasteiger partial charge in [0, 0.05) is 17.5 Å². The van der Waals surface area contributed by atoms with E-state index in [2.05, 4.69) is 4.98 Å². The quantitative estimate of drug-likeness (QED) is 0.423. The van der Waals surface area contributed by atoms with Gasteiger partial charge in [0.05, 0.1) is 34.4 Å². The molecule has 4 rings (SSSR count). The first-order valence-electron chi connectivity index (χ1n) is 9.46. The average Bonchev–Trinajstić information content (AvgIpc) is 3.05. The summed E-state index contributed by atoms with van der Waals surface area (Å²) in [7, 11) is 0. The number of hydrogen-bond acceptors (Lipinski definition) is 4. The predicted octanol–water partition coefficient (Wildman–Crippen LogP) is 3.96. The molecule has 0 aliphatic heterocycles. The van der Waals surface area contributed by atoms with Gasteiger partial charge in [-0.15, -0.1) is 0 Å². The second-order valence-electron chi connectivity index (χ2n) is 7.21. The van der Waals surface area contributed by atoms with E-state index < -0.39 is 36.0 Å². The Morgan fingerprint density at radius 2 is 1.85 bits per heavy atom. The number of pyridine rings is 1. The number of nitrogens with zero attached hydrogens (tertiary/aromatic N) is 2. The van der Waals surface area contributed by atoms with Crippen LogP contribution in [0.1, 0.15) is 21.5 Å². The number of carbonyl (C=O) groups excluding carboxylic acids is 1. The summed E-state index contributed by atoms with van der Waals surface area (Å²) in [5.41, 5.74) is 5.22. The minimum absolute atomic E-state index is 0.0162. The van der Waals surface area contributed by atoms with E-state index >= 15 is 0 Å². The van der Waals surface area contributed by atoms with Crippen molar-refractivity contribution in [2.24, 2.45) is 5.73 Å². The van der Waals surface area contributed by atoms with Crippen molar-refractivity contribution in [3.05, 3.63) is 71.3 Å². The Bertz CT molecular complexity index is 1410. The number of halogens is 4. The molecule has 170 valence electrons. The molecule has 0 aliphatic carbocycles. The number of primary amides is 1. The highest BCUT2D eigenvalue weighted by molar-refractivity contribution is 6.19. The molecule has 0 radical (unpaired) electrons. The van der Waals surface area contributed by atoms with Crippen molar-refractivity contribution >= 4 is 33.7 Å². The smallest absolute Gasteiger partial charge is 0.416 e. The number of rotatable bonds is 6. The number of ether oxygens (including phenoxy) is 1. The van der Waals surface area contributed by atoms with E-state index in [1.807, 2.05) is 0 Å². The third-order valence-electron chi connectivity index (χ3n) is 5.01. The number of alkyl halides is 3. The number of carboxylic acid groups (broad SMARTS) is 1. The van der Waals surface area contributed by atoms with Crippen molar-refractivity contribution < 1.29 is 37.0 Å². The summed E-state index contributed by atoms with van der Waals surface area (Å²) in [5, 5.41) is 9.59. The van der Waals surface area contributed by atoms with Gasteiger partial charge in [0.25, 0.3) is 0 Å². The van der Waals surface area contributed by atoms with Gasteiger partial charge >= 0.3 is 12.1 Å². The first-order chi connectivity index (χ1) is 15.6. The molecule has 33 heavy (non-hydrogen) atoms. The van der Waals surface area contributed by atoms with Crippen molar-refractivity contribution in [3.63, 3.8) is 0 Å². The van der Waals surface area contributed by atoms with Crippen LogP contribution < -0.4 is 10.5 Å². The highest BCUT2D eigenvalue weighted by Crippen LogP contribution is 2.38. The Hall–Kier alpha value is -4.15. The molecule has 2 aromatic heterocycles. The molecule has 0 aliphatic rings. The van der Waals surface area contributed by atoms with Crippen LogP contribution in [-0.2, 0) is 17.5 Å². The van der Waals surface area contributed by atoms with Crippen LogP contribution in [0.2, 0.25) is 0 Å². The number of benzene rings is 2. The topological polar surface area (TPSA) is 107 Å². The normalized spacial score (nSPS) is 11.8. The molecule has 1 amide bonds. The van der Waals surface area contributed by atoms with Crippen LogP contribution in [0.4, 0.5) is 17.6 Å². The zero-order chi connectivity index (χ0) is 23.9. The lowest BCUT2D eigenvalue weighted by Crippen LogP contribution is -2.12. The fraction of sp³-hybridized carbons (Fsp3) is 0.136. The number of hydrogen-bond donors (Lipinski definition) is 2. The van der Waals surface area contributed by atoms with E-state index in [9.17, 15) is 27.2 Å². The van der Waals surface area contributed by atoms with Crippen LogP contribution in [0.15, 0.2) is 48.8 Å². The van der Waals surface area contributed by atoms with Gasteiger partial charge in [-0.2, -0.15) is 13.2 Å². The lowest BCUT2D eigenvalue weighted by molar-refractivity contribution is -0.139. The second kappa shape index (κ2) is 8.08. The van der Waals surface area contributed by atoms with Gasteiger partial charge < -0.3 is 20.1 Å². The first-order valence-corrected chi connectivity index (χ1v) is 9.46. The number of aliphatic carboxylic acids is 1. The lowest BCUT2D eigenvalue weighted by Gasteiger charge is -2.12. The van der Waals surface area contributed by atoms with E-state index in [-0.39, 0.29) is 23.4 Å². The monoisotopic (exact) mass is 461 g/mol. The number of amides is 1. The van der Waals surface area contributed by atoms with Gasteiger partial charge in [-0.05, 0) is 35.9 Å². The summed E-state index contributed by atoms with van der Waals surface area (Å²) >= 11 is 0. The summed E-state index contributed by atoms with van der Waals surface area (Å²) in [6.45, 7) is -0.891. The Morgan fingerprint density at radius 1 is 1.09 bits per heavy atom. The number of nitrogens with two attached hydrogens (primary N) is 1. The van der Waals surface area contributed by atoms with Crippen LogP contribution in [0.3, 0.4) is 0 Å². The Morgan fingerprint density at radius 3 is 2.52 bits per heavy atom. The minimum atomic E-state index is -4.74. The van der Waals surface area contributed by atoms with Crippen LogP contribution in [-0.4, -0.2) is 33.1 Å². The Balaban J connectivity index is 1.98. The summed E-state index contributed by atoms with van der Waals surface area (Å²) in [4.78, 5) is 27.1. The molecule has 2 heterocycles. The van der Waals surface area contributed by atoms with Crippen LogP contribution in [0.25, 0.3) is 21.8 Å². The lowest BCUT2D eigenvalue weighted by atomic mass is 10.1. The number of fused-ring (bicyclic) bond motifs is 3. The third kappa shape index (κ3) is 4.16. The van der Waals surface area contributed by atoms with Gasteiger partial charge in [-0.3, -0.25) is 9.78 Å². The molecule has 0 atom stereocenters. The van der Waals surface area contributed by atoms with Gasteiger partial charge in [0.2, 0.25) is 5.91 Å². The molecule has 3 N–H and O–H groups in total. The van der Waals surface area contributed by atoms with Gasteiger partial charge in [0.1, 0.15) is 11.6 Å². The van der Waals surface area contributed by atoms with E-state index in [0.29, 0.717) is 27.9 Å². The summed E-state index contributed by atoms with van der Waals surface area (Å²) in [6.07, 6.45) is -2.09. The van der Waals surface area contributed by atoms with Crippen LogP contribution >= 0.6 is 0 Å². The number of carbonyl (C=O) groups is 2. The maximum atomic E-state index is 14.0. The second-order valence-corrected chi connectivity index (χ2v) is 7.21. The molecule has 4 aromatic rings. The molecule has 7 nitrogen and oxygen atoms in total. The highest BCUT2D eigenvalue weighted by Gasteiger charge is 2.31. The largest absolute Gasteiger partial charge is 0.480 e. The summed E-state index contributed by atoms with van der Waals surface area (Å²) < 4.78 is 60.4. The molecule has 0 fully saturated rings. The standard InChI is InChI=1S/C22H15F4N3O4/c23-13-5-11(4-12(6-13)22(24,25)26)9-29-15-3-1-2-14(21(27)32)19(15)20-16(29)7-28-8-17(20)33-10-18(30)31/h1-8H,9-10H2,(H2,27,32)(H,30,31). The predicted molar refractivity (Wildman–Crippen MR) is 109 cm³/mol. The van der Waals surface area contributed by atoms with E-state index in [4.69, 9.17) is 15.6 Å². The first kappa shape index (κ1) is 22.1. The third-order valence-corrected chi connectivity index (χ3v) is 5.01. The highest BCUT2D eigenvalue weighted by atomic mass is 19.4. The van der Waals surface area contributed by atoms with Crippen molar-refractivity contribution in [2.45, 2.75) is 12.7 Å². The zero-order valence-electron chi connectivity index (χ0n) is 16.7. The fourth-order valence-corrected chi connectivity index (χ4v) is 3.76.